The van der Waals surface area contributed by atoms with Gasteiger partial charge < -0.3 is 9.88 Å². The van der Waals surface area contributed by atoms with Gasteiger partial charge in [0.1, 0.15) is 0 Å². The first-order valence-corrected chi connectivity index (χ1v) is 5.49. The maximum absolute atomic E-state index is 4.26. The molecule has 0 radical (unpaired) electrons. The molecule has 1 aromatic rings. The van der Waals surface area contributed by atoms with Crippen LogP contribution < -0.4 is 5.32 Å². The van der Waals surface area contributed by atoms with Crippen LogP contribution in [0.4, 0.5) is 5.95 Å². The first-order valence-electron chi connectivity index (χ1n) is 5.49. The van der Waals surface area contributed by atoms with Crippen LogP contribution in [-0.4, -0.2) is 16.1 Å². The number of aryl methyl sites for hydroxylation is 1. The Labute approximate surface area is 86.5 Å². The van der Waals surface area contributed by atoms with Crippen molar-refractivity contribution in [2.24, 2.45) is 5.92 Å². The summed E-state index contributed by atoms with van der Waals surface area (Å²) in [5.41, 5.74) is 0. The summed E-state index contributed by atoms with van der Waals surface area (Å²) < 4.78 is 2.12. The van der Waals surface area contributed by atoms with E-state index in [0.29, 0.717) is 0 Å². The van der Waals surface area contributed by atoms with E-state index in [1.54, 1.807) is 0 Å². The quantitative estimate of drug-likeness (QED) is 0.707. The van der Waals surface area contributed by atoms with E-state index in [9.17, 15) is 0 Å². The number of hydrogen-bond donors (Lipinski definition) is 1. The van der Waals surface area contributed by atoms with Crippen LogP contribution in [-0.2, 0) is 6.54 Å². The predicted molar refractivity (Wildman–Crippen MR) is 60.5 cm³/mol. The average Bonchev–Trinajstić information content (AvgIpc) is 2.59. The lowest BCUT2D eigenvalue weighted by Gasteiger charge is -2.08. The van der Waals surface area contributed by atoms with Gasteiger partial charge in [0.05, 0.1) is 0 Å². The van der Waals surface area contributed by atoms with E-state index in [1.807, 2.05) is 12.4 Å². The van der Waals surface area contributed by atoms with Gasteiger partial charge in [-0.25, -0.2) is 4.98 Å². The monoisotopic (exact) mass is 195 g/mol. The third-order valence-corrected chi connectivity index (χ3v) is 2.30. The molecule has 1 aromatic heterocycles. The Morgan fingerprint density at radius 2 is 2.29 bits per heavy atom. The molecule has 0 bridgehead atoms. The zero-order chi connectivity index (χ0) is 10.4. The van der Waals surface area contributed by atoms with E-state index in [1.165, 1.54) is 12.8 Å². The fraction of sp³-hybridized carbons (Fsp3) is 0.727. The molecule has 0 fully saturated rings. The van der Waals surface area contributed by atoms with Gasteiger partial charge in [0.25, 0.3) is 0 Å². The maximum atomic E-state index is 4.26. The molecule has 14 heavy (non-hydrogen) atoms. The van der Waals surface area contributed by atoms with E-state index < -0.39 is 0 Å². The number of hydrogen-bond acceptors (Lipinski definition) is 2. The molecule has 0 unspecified atom stereocenters. The molecule has 0 aliphatic heterocycles. The van der Waals surface area contributed by atoms with Crippen LogP contribution in [0.5, 0.6) is 0 Å². The van der Waals surface area contributed by atoms with Crippen molar-refractivity contribution >= 4 is 5.95 Å². The topological polar surface area (TPSA) is 29.9 Å². The summed E-state index contributed by atoms with van der Waals surface area (Å²) in [5.74, 6) is 1.79. The van der Waals surface area contributed by atoms with Gasteiger partial charge in [0.2, 0.25) is 5.95 Å². The third-order valence-electron chi connectivity index (χ3n) is 2.30. The van der Waals surface area contributed by atoms with E-state index in [4.69, 9.17) is 0 Å². The molecule has 0 saturated heterocycles. The summed E-state index contributed by atoms with van der Waals surface area (Å²) in [6, 6.07) is 0. The van der Waals surface area contributed by atoms with Crippen LogP contribution in [0, 0.1) is 5.92 Å². The number of aromatic nitrogens is 2. The largest absolute Gasteiger partial charge is 0.356 e. The molecule has 3 nitrogen and oxygen atoms in total. The highest BCUT2D eigenvalue weighted by Crippen LogP contribution is 2.06. The normalized spacial score (nSPS) is 10.9. The molecule has 0 atom stereocenters. The third kappa shape index (κ3) is 3.40. The fourth-order valence-electron chi connectivity index (χ4n) is 1.44. The van der Waals surface area contributed by atoms with Gasteiger partial charge >= 0.3 is 0 Å². The van der Waals surface area contributed by atoms with Gasteiger partial charge in [-0.2, -0.15) is 0 Å². The summed E-state index contributed by atoms with van der Waals surface area (Å²) in [4.78, 5) is 4.26. The molecule has 0 saturated carbocycles. The molecule has 0 aromatic carbocycles. The smallest absolute Gasteiger partial charge is 0.202 e. The minimum atomic E-state index is 0.794. The Kier molecular flexibility index (Phi) is 4.50. The SMILES string of the molecule is CCn1ccnc1NCCCC(C)C. The summed E-state index contributed by atoms with van der Waals surface area (Å²) in [7, 11) is 0. The van der Waals surface area contributed by atoms with Gasteiger partial charge in [-0.15, -0.1) is 0 Å². The van der Waals surface area contributed by atoms with Crippen molar-refractivity contribution in [3.63, 3.8) is 0 Å². The molecule has 1 heterocycles. The number of imidazole rings is 1. The molecule has 1 N–H and O–H groups in total. The van der Waals surface area contributed by atoms with E-state index in [-0.39, 0.29) is 0 Å². The Morgan fingerprint density at radius 3 is 2.93 bits per heavy atom. The first-order chi connectivity index (χ1) is 6.74. The van der Waals surface area contributed by atoms with Crippen molar-refractivity contribution in [2.75, 3.05) is 11.9 Å². The Hall–Kier alpha value is -0.990. The van der Waals surface area contributed by atoms with Crippen LogP contribution >= 0.6 is 0 Å². The van der Waals surface area contributed by atoms with Crippen LogP contribution in [0.15, 0.2) is 12.4 Å². The highest BCUT2D eigenvalue weighted by atomic mass is 15.2. The van der Waals surface area contributed by atoms with Crippen molar-refractivity contribution in [2.45, 2.75) is 40.2 Å². The Bertz CT molecular complexity index is 253. The summed E-state index contributed by atoms with van der Waals surface area (Å²) in [5, 5.41) is 3.35. The van der Waals surface area contributed by atoms with Crippen molar-refractivity contribution in [3.05, 3.63) is 12.4 Å². The lowest BCUT2D eigenvalue weighted by Crippen LogP contribution is -2.08. The number of nitrogens with zero attached hydrogens (tertiary/aromatic N) is 2. The Morgan fingerprint density at radius 1 is 1.50 bits per heavy atom. The van der Waals surface area contributed by atoms with E-state index >= 15 is 0 Å². The van der Waals surface area contributed by atoms with Crippen molar-refractivity contribution in [3.8, 4) is 0 Å². The summed E-state index contributed by atoms with van der Waals surface area (Å²) in [6.07, 6.45) is 6.34. The number of rotatable bonds is 6. The molecule has 80 valence electrons. The lowest BCUT2D eigenvalue weighted by molar-refractivity contribution is 0.565. The van der Waals surface area contributed by atoms with Crippen molar-refractivity contribution < 1.29 is 0 Å². The van der Waals surface area contributed by atoms with Gasteiger partial charge in [0.15, 0.2) is 0 Å². The highest BCUT2D eigenvalue weighted by Gasteiger charge is 1.99. The molecular weight excluding hydrogens is 174 g/mol. The van der Waals surface area contributed by atoms with Crippen LogP contribution in [0.3, 0.4) is 0 Å². The zero-order valence-corrected chi connectivity index (χ0v) is 9.45. The molecule has 0 amide bonds. The Balaban J connectivity index is 2.24. The van der Waals surface area contributed by atoms with E-state index in [0.717, 1.165) is 25.0 Å². The molecule has 3 heteroatoms. The average molecular weight is 195 g/mol. The summed E-state index contributed by atoms with van der Waals surface area (Å²) >= 11 is 0. The van der Waals surface area contributed by atoms with Crippen LogP contribution in [0.25, 0.3) is 0 Å². The van der Waals surface area contributed by atoms with Crippen molar-refractivity contribution in [1.82, 2.24) is 9.55 Å². The standard InChI is InChI=1S/C11H21N3/c1-4-14-9-8-13-11(14)12-7-5-6-10(2)3/h8-10H,4-7H2,1-3H3,(H,12,13). The minimum Gasteiger partial charge on any atom is -0.356 e. The molecule has 0 spiro atoms. The highest BCUT2D eigenvalue weighted by molar-refractivity contribution is 5.25. The second kappa shape index (κ2) is 5.68. The minimum absolute atomic E-state index is 0.794. The first kappa shape index (κ1) is 11.1. The van der Waals surface area contributed by atoms with Crippen molar-refractivity contribution in [1.29, 1.82) is 0 Å². The van der Waals surface area contributed by atoms with Gasteiger partial charge in [-0.05, 0) is 25.7 Å². The lowest BCUT2D eigenvalue weighted by atomic mass is 10.1. The van der Waals surface area contributed by atoms with Gasteiger partial charge in [0, 0.05) is 25.5 Å². The number of anilines is 1. The molecular formula is C11H21N3. The molecule has 0 aliphatic rings. The number of nitrogens with one attached hydrogen (secondary N) is 1. The maximum Gasteiger partial charge on any atom is 0.202 e. The van der Waals surface area contributed by atoms with E-state index in [2.05, 4.69) is 35.6 Å². The zero-order valence-electron chi connectivity index (χ0n) is 9.45. The van der Waals surface area contributed by atoms with Crippen LogP contribution in [0.1, 0.15) is 33.6 Å². The summed E-state index contributed by atoms with van der Waals surface area (Å²) in [6.45, 7) is 8.64. The fourth-order valence-corrected chi connectivity index (χ4v) is 1.44. The molecule has 1 rings (SSSR count). The second-order valence-electron chi connectivity index (χ2n) is 4.00. The second-order valence-corrected chi connectivity index (χ2v) is 4.00. The predicted octanol–water partition coefficient (Wildman–Crippen LogP) is 2.75. The van der Waals surface area contributed by atoms with Gasteiger partial charge in [-0.1, -0.05) is 13.8 Å². The van der Waals surface area contributed by atoms with Gasteiger partial charge in [-0.3, -0.25) is 0 Å². The van der Waals surface area contributed by atoms with Crippen LogP contribution in [0.2, 0.25) is 0 Å². The molecule has 0 aliphatic carbocycles.